The number of hydrogen-bond donors (Lipinski definition) is 1. The molecule has 1 N–H and O–H groups in total. The quantitative estimate of drug-likeness (QED) is 0.497. The van der Waals surface area contributed by atoms with Gasteiger partial charge in [-0.1, -0.05) is 0 Å². The van der Waals surface area contributed by atoms with Gasteiger partial charge in [0.25, 0.3) is 0 Å². The normalized spacial score (nSPS) is 23.6. The van der Waals surface area contributed by atoms with Crippen LogP contribution in [0.25, 0.3) is 0 Å². The molecule has 0 bridgehead atoms. The van der Waals surface area contributed by atoms with Crippen LogP contribution in [0.1, 0.15) is 0 Å². The molecule has 0 aromatic heterocycles. The lowest BCUT2D eigenvalue weighted by molar-refractivity contribution is 0.0171. The zero-order chi connectivity index (χ0) is 5.82. The van der Waals surface area contributed by atoms with E-state index in [4.69, 9.17) is 4.74 Å². The van der Waals surface area contributed by atoms with Crippen LogP contribution in [0, 0.1) is 0 Å². The highest BCUT2D eigenvalue weighted by molar-refractivity contribution is 4.53. The Bertz CT molecular complexity index is 61.4. The number of morpholine rings is 1. The van der Waals surface area contributed by atoms with E-state index in [-0.39, 0.29) is 0 Å². The van der Waals surface area contributed by atoms with Crippen LogP contribution in [0.2, 0.25) is 0 Å². The van der Waals surface area contributed by atoms with Crippen molar-refractivity contribution in [1.29, 1.82) is 0 Å². The summed E-state index contributed by atoms with van der Waals surface area (Å²) in [5, 5.41) is 2.14. The predicted octanol–water partition coefficient (Wildman–Crippen LogP) is -0.547. The third-order valence-electron chi connectivity index (χ3n) is 1.33. The summed E-state index contributed by atoms with van der Waals surface area (Å²) in [4.78, 5) is 0. The summed E-state index contributed by atoms with van der Waals surface area (Å²) in [6.07, 6.45) is 0. The highest BCUT2D eigenvalue weighted by Crippen LogP contribution is 1.89. The summed E-state index contributed by atoms with van der Waals surface area (Å²) in [7, 11) is 1.94. The molecule has 0 radical (unpaired) electrons. The van der Waals surface area contributed by atoms with E-state index in [9.17, 15) is 0 Å². The maximum Gasteiger partial charge on any atom is 0.0608 e. The molecule has 8 heavy (non-hydrogen) atoms. The minimum absolute atomic E-state index is 0.862. The minimum atomic E-state index is 0.862. The van der Waals surface area contributed by atoms with Crippen LogP contribution in [-0.4, -0.2) is 38.4 Å². The van der Waals surface area contributed by atoms with E-state index in [1.54, 1.807) is 0 Å². The summed E-state index contributed by atoms with van der Waals surface area (Å²) in [6, 6.07) is 0. The topological polar surface area (TPSA) is 24.5 Å². The second-order valence-electron chi connectivity index (χ2n) is 1.82. The third kappa shape index (κ3) is 1.43. The molecule has 0 aliphatic carbocycles. The van der Waals surface area contributed by atoms with Gasteiger partial charge in [0, 0.05) is 13.1 Å². The van der Waals surface area contributed by atoms with Gasteiger partial charge in [0.2, 0.25) is 0 Å². The minimum Gasteiger partial charge on any atom is -0.379 e. The Hall–Kier alpha value is -0.120. The van der Waals surface area contributed by atoms with Gasteiger partial charge in [-0.05, 0) is 7.05 Å². The molecule has 0 spiro atoms. The van der Waals surface area contributed by atoms with Crippen LogP contribution in [0.15, 0.2) is 0 Å². The number of rotatable bonds is 1. The van der Waals surface area contributed by atoms with Crippen molar-refractivity contribution in [2.45, 2.75) is 0 Å². The van der Waals surface area contributed by atoms with Crippen molar-refractivity contribution in [3.05, 3.63) is 0 Å². The first-order valence-electron chi connectivity index (χ1n) is 2.93. The number of nitrogens with zero attached hydrogens (tertiary/aromatic N) is 1. The van der Waals surface area contributed by atoms with Gasteiger partial charge in [-0.15, -0.1) is 0 Å². The van der Waals surface area contributed by atoms with Gasteiger partial charge in [-0.25, -0.2) is 5.01 Å². The molecule has 1 heterocycles. The molecule has 1 aliphatic heterocycles. The third-order valence-corrected chi connectivity index (χ3v) is 1.33. The van der Waals surface area contributed by atoms with Crippen LogP contribution in [0.4, 0.5) is 0 Å². The largest absolute Gasteiger partial charge is 0.379 e. The monoisotopic (exact) mass is 116 g/mol. The Morgan fingerprint density at radius 3 is 2.38 bits per heavy atom. The first-order valence-corrected chi connectivity index (χ1v) is 2.93. The van der Waals surface area contributed by atoms with E-state index >= 15 is 0 Å². The number of ether oxygens (including phenoxy) is 1. The summed E-state index contributed by atoms with van der Waals surface area (Å²) in [5.41, 5.74) is 3.06. The Morgan fingerprint density at radius 2 is 2.00 bits per heavy atom. The van der Waals surface area contributed by atoms with Gasteiger partial charge in [0.1, 0.15) is 0 Å². The summed E-state index contributed by atoms with van der Waals surface area (Å²) in [6.45, 7) is 3.74. The molecule has 0 aromatic rings. The van der Waals surface area contributed by atoms with Gasteiger partial charge in [-0.3, -0.25) is 5.43 Å². The van der Waals surface area contributed by atoms with Gasteiger partial charge in [0.05, 0.1) is 13.2 Å². The van der Waals surface area contributed by atoms with Gasteiger partial charge < -0.3 is 4.74 Å². The average molecular weight is 116 g/mol. The lowest BCUT2D eigenvalue weighted by Crippen LogP contribution is -2.43. The van der Waals surface area contributed by atoms with E-state index in [2.05, 4.69) is 10.4 Å². The highest BCUT2D eigenvalue weighted by Gasteiger charge is 2.05. The van der Waals surface area contributed by atoms with Crippen LogP contribution in [0.5, 0.6) is 0 Å². The standard InChI is InChI=1S/C5H12N2O/c1-6-7-2-4-8-5-3-7/h6H,2-5H2,1H3. The fourth-order valence-electron chi connectivity index (χ4n) is 0.787. The van der Waals surface area contributed by atoms with Crippen molar-refractivity contribution in [3.63, 3.8) is 0 Å². The zero-order valence-corrected chi connectivity index (χ0v) is 5.18. The molecule has 0 saturated carbocycles. The molecule has 48 valence electrons. The van der Waals surface area contributed by atoms with Gasteiger partial charge in [-0.2, -0.15) is 0 Å². The molecule has 0 unspecified atom stereocenters. The number of hydrazine groups is 1. The molecule has 0 aromatic carbocycles. The second-order valence-corrected chi connectivity index (χ2v) is 1.82. The van der Waals surface area contributed by atoms with Crippen molar-refractivity contribution in [3.8, 4) is 0 Å². The van der Waals surface area contributed by atoms with Crippen molar-refractivity contribution >= 4 is 0 Å². The summed E-state index contributed by atoms with van der Waals surface area (Å²) in [5.74, 6) is 0. The molecule has 1 rings (SSSR count). The Balaban J connectivity index is 2.13. The molecule has 1 saturated heterocycles. The van der Waals surface area contributed by atoms with Crippen LogP contribution in [-0.2, 0) is 4.74 Å². The molecule has 0 amide bonds. The van der Waals surface area contributed by atoms with E-state index in [0.29, 0.717) is 0 Å². The molecular weight excluding hydrogens is 104 g/mol. The zero-order valence-electron chi connectivity index (χ0n) is 5.18. The van der Waals surface area contributed by atoms with Crippen LogP contribution >= 0.6 is 0 Å². The number of hydrogen-bond acceptors (Lipinski definition) is 3. The van der Waals surface area contributed by atoms with Crippen molar-refractivity contribution in [2.75, 3.05) is 33.4 Å². The van der Waals surface area contributed by atoms with Gasteiger partial charge in [0.15, 0.2) is 0 Å². The highest BCUT2D eigenvalue weighted by atomic mass is 16.5. The van der Waals surface area contributed by atoms with E-state index in [0.717, 1.165) is 26.3 Å². The lowest BCUT2D eigenvalue weighted by Gasteiger charge is -2.24. The van der Waals surface area contributed by atoms with E-state index < -0.39 is 0 Å². The van der Waals surface area contributed by atoms with Gasteiger partial charge >= 0.3 is 0 Å². The van der Waals surface area contributed by atoms with E-state index in [1.807, 2.05) is 7.05 Å². The van der Waals surface area contributed by atoms with Crippen LogP contribution in [0.3, 0.4) is 0 Å². The SMILES string of the molecule is CNN1CCOCC1. The maximum absolute atomic E-state index is 5.12. The first kappa shape index (κ1) is 6.01. The predicted molar refractivity (Wildman–Crippen MR) is 31.5 cm³/mol. The fraction of sp³-hybridized carbons (Fsp3) is 1.00. The smallest absolute Gasteiger partial charge is 0.0608 e. The molecule has 0 atom stereocenters. The number of nitrogens with one attached hydrogen (secondary N) is 1. The Morgan fingerprint density at radius 1 is 1.38 bits per heavy atom. The molecule has 1 fully saturated rings. The van der Waals surface area contributed by atoms with Crippen molar-refractivity contribution in [1.82, 2.24) is 10.4 Å². The van der Waals surface area contributed by atoms with E-state index in [1.165, 1.54) is 0 Å². The molecule has 3 heteroatoms. The summed E-state index contributed by atoms with van der Waals surface area (Å²) >= 11 is 0. The Labute approximate surface area is 49.6 Å². The summed E-state index contributed by atoms with van der Waals surface area (Å²) < 4.78 is 5.12. The first-order chi connectivity index (χ1) is 3.93. The van der Waals surface area contributed by atoms with Crippen molar-refractivity contribution in [2.24, 2.45) is 0 Å². The van der Waals surface area contributed by atoms with Crippen molar-refractivity contribution < 1.29 is 4.74 Å². The molecule has 1 aliphatic rings. The molecular formula is C5H12N2O. The van der Waals surface area contributed by atoms with Crippen LogP contribution < -0.4 is 5.43 Å². The molecule has 3 nitrogen and oxygen atoms in total. The lowest BCUT2D eigenvalue weighted by atomic mass is 10.5. The maximum atomic E-state index is 5.12. The second kappa shape index (κ2) is 3.02. The fourth-order valence-corrected chi connectivity index (χ4v) is 0.787. The average Bonchev–Trinajstić information content (AvgIpc) is 1.90. The Kier molecular flexibility index (Phi) is 2.27.